The molecule has 1 heteroatoms. The highest BCUT2D eigenvalue weighted by Gasteiger charge is 2.12. The highest BCUT2D eigenvalue weighted by atomic mass is 14.9. The zero-order valence-electron chi connectivity index (χ0n) is 7.85. The van der Waals surface area contributed by atoms with E-state index in [4.69, 9.17) is 0 Å². The SMILES string of the molecule is CC(C)(C)/C=C/C1CCNC1. The van der Waals surface area contributed by atoms with E-state index in [0.717, 1.165) is 5.92 Å². The summed E-state index contributed by atoms with van der Waals surface area (Å²) in [6.07, 6.45) is 6.00. The van der Waals surface area contributed by atoms with Gasteiger partial charge in [0.2, 0.25) is 0 Å². The van der Waals surface area contributed by atoms with Gasteiger partial charge in [0.05, 0.1) is 0 Å². The Morgan fingerprint density at radius 3 is 2.55 bits per heavy atom. The predicted molar refractivity (Wildman–Crippen MR) is 49.6 cm³/mol. The van der Waals surface area contributed by atoms with E-state index >= 15 is 0 Å². The Kier molecular flexibility index (Phi) is 2.72. The summed E-state index contributed by atoms with van der Waals surface area (Å²) >= 11 is 0. The molecule has 0 saturated carbocycles. The fourth-order valence-corrected chi connectivity index (χ4v) is 1.27. The Labute approximate surface area is 69.9 Å². The fraction of sp³-hybridized carbons (Fsp3) is 0.800. The monoisotopic (exact) mass is 153 g/mol. The average Bonchev–Trinajstić information content (AvgIpc) is 2.32. The normalized spacial score (nSPS) is 26.6. The van der Waals surface area contributed by atoms with E-state index < -0.39 is 0 Å². The first-order valence-corrected chi connectivity index (χ1v) is 4.48. The van der Waals surface area contributed by atoms with Crippen molar-refractivity contribution < 1.29 is 0 Å². The van der Waals surface area contributed by atoms with E-state index in [2.05, 4.69) is 38.2 Å². The average molecular weight is 153 g/mol. The van der Waals surface area contributed by atoms with Gasteiger partial charge >= 0.3 is 0 Å². The van der Waals surface area contributed by atoms with Crippen molar-refractivity contribution >= 4 is 0 Å². The van der Waals surface area contributed by atoms with Crippen LogP contribution in [0.25, 0.3) is 0 Å². The lowest BCUT2D eigenvalue weighted by molar-refractivity contribution is 0.536. The van der Waals surface area contributed by atoms with Crippen molar-refractivity contribution in [3.8, 4) is 0 Å². The molecule has 0 bridgehead atoms. The standard InChI is InChI=1S/C10H19N/c1-10(2,3)6-4-9-5-7-11-8-9/h4,6,9,11H,5,7-8H2,1-3H3/b6-4+. The molecule has 1 unspecified atom stereocenters. The molecule has 1 fully saturated rings. The molecule has 0 aromatic heterocycles. The molecule has 1 aliphatic heterocycles. The lowest BCUT2D eigenvalue weighted by atomic mass is 9.94. The summed E-state index contributed by atoms with van der Waals surface area (Å²) in [7, 11) is 0. The summed E-state index contributed by atoms with van der Waals surface area (Å²) in [5, 5.41) is 3.36. The highest BCUT2D eigenvalue weighted by Crippen LogP contribution is 2.18. The predicted octanol–water partition coefficient (Wildman–Crippen LogP) is 2.20. The van der Waals surface area contributed by atoms with Gasteiger partial charge in [-0.3, -0.25) is 0 Å². The van der Waals surface area contributed by atoms with Crippen molar-refractivity contribution in [2.45, 2.75) is 27.2 Å². The van der Waals surface area contributed by atoms with Gasteiger partial charge < -0.3 is 5.32 Å². The van der Waals surface area contributed by atoms with Crippen LogP contribution >= 0.6 is 0 Å². The Balaban J connectivity index is 2.34. The molecule has 1 heterocycles. The first kappa shape index (κ1) is 8.79. The van der Waals surface area contributed by atoms with Crippen LogP contribution in [0.15, 0.2) is 12.2 Å². The topological polar surface area (TPSA) is 12.0 Å². The van der Waals surface area contributed by atoms with Gasteiger partial charge in [-0.1, -0.05) is 32.9 Å². The van der Waals surface area contributed by atoms with E-state index in [1.54, 1.807) is 0 Å². The zero-order chi connectivity index (χ0) is 8.32. The molecule has 0 radical (unpaired) electrons. The molecular formula is C10H19N. The molecular weight excluding hydrogens is 134 g/mol. The van der Waals surface area contributed by atoms with Crippen LogP contribution in [0.5, 0.6) is 0 Å². The quantitative estimate of drug-likeness (QED) is 0.569. The Bertz CT molecular complexity index is 135. The summed E-state index contributed by atoms with van der Waals surface area (Å²) in [5.74, 6) is 0.786. The van der Waals surface area contributed by atoms with Gasteiger partial charge in [-0.15, -0.1) is 0 Å². The van der Waals surface area contributed by atoms with Crippen LogP contribution in [0.3, 0.4) is 0 Å². The van der Waals surface area contributed by atoms with Crippen molar-refractivity contribution in [1.29, 1.82) is 0 Å². The van der Waals surface area contributed by atoms with E-state index in [0.29, 0.717) is 5.41 Å². The van der Waals surface area contributed by atoms with E-state index in [1.807, 2.05) is 0 Å². The van der Waals surface area contributed by atoms with Gasteiger partial charge in [0.15, 0.2) is 0 Å². The van der Waals surface area contributed by atoms with E-state index in [-0.39, 0.29) is 0 Å². The maximum absolute atomic E-state index is 3.36. The van der Waals surface area contributed by atoms with Crippen molar-refractivity contribution in [3.05, 3.63) is 12.2 Å². The molecule has 1 N–H and O–H groups in total. The molecule has 1 aliphatic rings. The third kappa shape index (κ3) is 3.57. The number of allylic oxidation sites excluding steroid dienone is 1. The minimum absolute atomic E-state index is 0.350. The van der Waals surface area contributed by atoms with Crippen molar-refractivity contribution in [2.24, 2.45) is 11.3 Å². The molecule has 1 saturated heterocycles. The molecule has 0 spiro atoms. The van der Waals surface area contributed by atoms with Crippen LogP contribution in [0.4, 0.5) is 0 Å². The van der Waals surface area contributed by atoms with Crippen molar-refractivity contribution in [3.63, 3.8) is 0 Å². The van der Waals surface area contributed by atoms with E-state index in [1.165, 1.54) is 19.5 Å². The van der Waals surface area contributed by atoms with Gasteiger partial charge in [-0.25, -0.2) is 0 Å². The number of nitrogens with one attached hydrogen (secondary N) is 1. The second-order valence-electron chi connectivity index (χ2n) is 4.48. The van der Waals surface area contributed by atoms with Crippen LogP contribution in [-0.2, 0) is 0 Å². The number of rotatable bonds is 1. The second kappa shape index (κ2) is 3.40. The molecule has 0 aromatic rings. The third-order valence-electron chi connectivity index (χ3n) is 1.97. The lowest BCUT2D eigenvalue weighted by Crippen LogP contribution is -2.08. The van der Waals surface area contributed by atoms with Gasteiger partial charge in [0.1, 0.15) is 0 Å². The van der Waals surface area contributed by atoms with Gasteiger partial charge in [-0.2, -0.15) is 0 Å². The smallest absolute Gasteiger partial charge is 0.00146 e. The maximum atomic E-state index is 3.36. The maximum Gasteiger partial charge on any atom is 0.00146 e. The summed E-state index contributed by atoms with van der Waals surface area (Å²) < 4.78 is 0. The molecule has 1 rings (SSSR count). The molecule has 64 valence electrons. The van der Waals surface area contributed by atoms with Crippen LogP contribution < -0.4 is 5.32 Å². The molecule has 0 aliphatic carbocycles. The summed E-state index contributed by atoms with van der Waals surface area (Å²) in [6, 6.07) is 0. The van der Waals surface area contributed by atoms with Crippen molar-refractivity contribution in [1.82, 2.24) is 5.32 Å². The summed E-state index contributed by atoms with van der Waals surface area (Å²) in [6.45, 7) is 9.09. The molecule has 0 aromatic carbocycles. The minimum atomic E-state index is 0.350. The summed E-state index contributed by atoms with van der Waals surface area (Å²) in [4.78, 5) is 0. The van der Waals surface area contributed by atoms with Gasteiger partial charge in [0.25, 0.3) is 0 Å². The second-order valence-corrected chi connectivity index (χ2v) is 4.48. The van der Waals surface area contributed by atoms with Crippen LogP contribution in [0.2, 0.25) is 0 Å². The Hall–Kier alpha value is -0.300. The third-order valence-corrected chi connectivity index (χ3v) is 1.97. The fourth-order valence-electron chi connectivity index (χ4n) is 1.27. The number of hydrogen-bond donors (Lipinski definition) is 1. The van der Waals surface area contributed by atoms with Gasteiger partial charge in [-0.05, 0) is 24.3 Å². The van der Waals surface area contributed by atoms with E-state index in [9.17, 15) is 0 Å². The lowest BCUT2D eigenvalue weighted by Gasteiger charge is -2.12. The van der Waals surface area contributed by atoms with Crippen LogP contribution in [0.1, 0.15) is 27.2 Å². The molecule has 0 amide bonds. The highest BCUT2D eigenvalue weighted by molar-refractivity contribution is 4.98. The van der Waals surface area contributed by atoms with Gasteiger partial charge in [0, 0.05) is 6.54 Å². The molecule has 1 atom stereocenters. The van der Waals surface area contributed by atoms with Crippen LogP contribution in [0, 0.1) is 11.3 Å². The Morgan fingerprint density at radius 1 is 1.36 bits per heavy atom. The molecule has 11 heavy (non-hydrogen) atoms. The first-order chi connectivity index (χ1) is 5.08. The first-order valence-electron chi connectivity index (χ1n) is 4.48. The largest absolute Gasteiger partial charge is 0.316 e. The Morgan fingerprint density at radius 2 is 2.09 bits per heavy atom. The number of hydrogen-bond acceptors (Lipinski definition) is 1. The zero-order valence-corrected chi connectivity index (χ0v) is 7.85. The van der Waals surface area contributed by atoms with Crippen molar-refractivity contribution in [2.75, 3.05) is 13.1 Å². The van der Waals surface area contributed by atoms with Crippen LogP contribution in [-0.4, -0.2) is 13.1 Å². The summed E-state index contributed by atoms with van der Waals surface area (Å²) in [5.41, 5.74) is 0.350. The molecule has 1 nitrogen and oxygen atoms in total. The minimum Gasteiger partial charge on any atom is -0.316 e.